The quantitative estimate of drug-likeness (QED) is 0.678. The fraction of sp³-hybridized carbons (Fsp3) is 0.500. The molecule has 1 heterocycles. The zero-order chi connectivity index (χ0) is 8.97. The highest BCUT2D eigenvalue weighted by Gasteiger charge is 2.10. The van der Waals surface area contributed by atoms with Gasteiger partial charge >= 0.3 is 0 Å². The fourth-order valence-corrected chi connectivity index (χ4v) is 1.03. The lowest BCUT2D eigenvalue weighted by molar-refractivity contribution is 0.0926. The number of aliphatic hydroxyl groups is 1. The summed E-state index contributed by atoms with van der Waals surface area (Å²) in [5.41, 5.74) is 0. The monoisotopic (exact) mass is 187 g/mol. The van der Waals surface area contributed by atoms with E-state index < -0.39 is 0 Å². The van der Waals surface area contributed by atoms with Crippen molar-refractivity contribution in [2.24, 2.45) is 0 Å². The molecule has 0 aliphatic heterocycles. The Morgan fingerprint density at radius 1 is 1.92 bits per heavy atom. The second-order valence-electron chi connectivity index (χ2n) is 2.34. The van der Waals surface area contributed by atoms with Crippen LogP contribution >= 0.6 is 11.5 Å². The van der Waals surface area contributed by atoms with E-state index in [1.54, 1.807) is 6.92 Å². The van der Waals surface area contributed by atoms with Crippen LogP contribution in [0.4, 0.5) is 0 Å². The molecule has 1 aromatic heterocycles. The molecule has 2 N–H and O–H groups in total. The van der Waals surface area contributed by atoms with Gasteiger partial charge in [-0.1, -0.05) is 4.49 Å². The number of hydrogen-bond acceptors (Lipinski definition) is 5. The van der Waals surface area contributed by atoms with E-state index in [4.69, 9.17) is 5.11 Å². The van der Waals surface area contributed by atoms with Crippen molar-refractivity contribution in [2.45, 2.75) is 13.0 Å². The minimum atomic E-state index is -0.244. The highest BCUT2D eigenvalue weighted by Crippen LogP contribution is 2.01. The predicted octanol–water partition coefficient (Wildman–Crippen LogP) is -0.351. The Morgan fingerprint density at radius 2 is 2.67 bits per heavy atom. The molecule has 1 amide bonds. The first kappa shape index (κ1) is 9.08. The van der Waals surface area contributed by atoms with Crippen LogP contribution in [0.15, 0.2) is 6.20 Å². The van der Waals surface area contributed by atoms with Crippen molar-refractivity contribution < 1.29 is 9.90 Å². The molecule has 6 heteroatoms. The van der Waals surface area contributed by atoms with Crippen LogP contribution in [-0.2, 0) is 0 Å². The molecule has 0 bridgehead atoms. The van der Waals surface area contributed by atoms with Gasteiger partial charge in [0.05, 0.1) is 12.8 Å². The van der Waals surface area contributed by atoms with Gasteiger partial charge in [0.25, 0.3) is 5.91 Å². The molecule has 0 spiro atoms. The van der Waals surface area contributed by atoms with Crippen molar-refractivity contribution >= 4 is 17.4 Å². The van der Waals surface area contributed by atoms with Gasteiger partial charge in [0, 0.05) is 6.04 Å². The molecule has 0 fully saturated rings. The highest BCUT2D eigenvalue weighted by molar-refractivity contribution is 7.07. The van der Waals surface area contributed by atoms with Gasteiger partial charge in [-0.2, -0.15) is 0 Å². The number of carbonyl (C=O) groups excluding carboxylic acids is 1. The summed E-state index contributed by atoms with van der Waals surface area (Å²) in [6, 6.07) is -0.236. The average Bonchev–Trinajstić information content (AvgIpc) is 2.56. The molecule has 1 aromatic rings. The molecule has 0 unspecified atom stereocenters. The molecule has 1 atom stereocenters. The van der Waals surface area contributed by atoms with Gasteiger partial charge in [-0.25, -0.2) is 0 Å². The smallest absolute Gasteiger partial charge is 0.264 e. The fourth-order valence-electron chi connectivity index (χ4n) is 0.608. The van der Waals surface area contributed by atoms with E-state index in [1.807, 2.05) is 0 Å². The summed E-state index contributed by atoms with van der Waals surface area (Å²) in [4.78, 5) is 11.6. The minimum Gasteiger partial charge on any atom is -0.394 e. The van der Waals surface area contributed by atoms with Gasteiger partial charge in [-0.15, -0.1) is 5.10 Å². The Morgan fingerprint density at radius 3 is 3.17 bits per heavy atom. The minimum absolute atomic E-state index is 0.0715. The van der Waals surface area contributed by atoms with Crippen LogP contribution in [0.1, 0.15) is 16.6 Å². The van der Waals surface area contributed by atoms with Crippen LogP contribution < -0.4 is 5.32 Å². The Bertz CT molecular complexity index is 249. The van der Waals surface area contributed by atoms with E-state index in [0.29, 0.717) is 4.88 Å². The Labute approximate surface area is 73.6 Å². The van der Waals surface area contributed by atoms with Crippen molar-refractivity contribution in [1.82, 2.24) is 14.9 Å². The summed E-state index contributed by atoms with van der Waals surface area (Å²) in [6.07, 6.45) is 1.39. The lowest BCUT2D eigenvalue weighted by atomic mass is 10.3. The third-order valence-electron chi connectivity index (χ3n) is 1.24. The van der Waals surface area contributed by atoms with Gasteiger partial charge in [0.2, 0.25) is 0 Å². The first-order valence-electron chi connectivity index (χ1n) is 3.43. The van der Waals surface area contributed by atoms with Crippen LogP contribution in [0.3, 0.4) is 0 Å². The standard InChI is InChI=1S/C6H9N3O2S/c1-4(3-10)8-6(11)5-2-7-9-12-5/h2,4,10H,3H2,1H3,(H,8,11)/t4-/m1/s1. The van der Waals surface area contributed by atoms with Crippen LogP contribution in [0, 0.1) is 0 Å². The number of carbonyl (C=O) groups is 1. The molecule has 0 radical (unpaired) electrons. The highest BCUT2D eigenvalue weighted by atomic mass is 32.1. The molecular weight excluding hydrogens is 178 g/mol. The van der Waals surface area contributed by atoms with Crippen molar-refractivity contribution in [3.63, 3.8) is 0 Å². The molecule has 0 saturated carbocycles. The van der Waals surface area contributed by atoms with Crippen molar-refractivity contribution in [2.75, 3.05) is 6.61 Å². The summed E-state index contributed by atoms with van der Waals surface area (Å²) in [7, 11) is 0. The molecule has 66 valence electrons. The first-order chi connectivity index (χ1) is 5.74. The maximum absolute atomic E-state index is 11.2. The Hall–Kier alpha value is -1.01. The number of nitrogens with one attached hydrogen (secondary N) is 1. The molecule has 0 aliphatic carbocycles. The van der Waals surface area contributed by atoms with Crippen molar-refractivity contribution in [1.29, 1.82) is 0 Å². The number of nitrogens with zero attached hydrogens (tertiary/aromatic N) is 2. The van der Waals surface area contributed by atoms with Gasteiger partial charge in [0.15, 0.2) is 0 Å². The lowest BCUT2D eigenvalue weighted by Crippen LogP contribution is -2.34. The third-order valence-corrected chi connectivity index (χ3v) is 1.90. The maximum Gasteiger partial charge on any atom is 0.264 e. The molecule has 12 heavy (non-hydrogen) atoms. The van der Waals surface area contributed by atoms with Gasteiger partial charge in [-0.3, -0.25) is 4.79 Å². The average molecular weight is 187 g/mol. The van der Waals surface area contributed by atoms with E-state index in [2.05, 4.69) is 14.9 Å². The Kier molecular flexibility index (Phi) is 3.12. The third kappa shape index (κ3) is 2.24. The van der Waals surface area contributed by atoms with Crippen molar-refractivity contribution in [3.05, 3.63) is 11.1 Å². The first-order valence-corrected chi connectivity index (χ1v) is 4.20. The van der Waals surface area contributed by atoms with Crippen LogP contribution in [0.5, 0.6) is 0 Å². The zero-order valence-corrected chi connectivity index (χ0v) is 7.34. The van der Waals surface area contributed by atoms with Gasteiger partial charge in [0.1, 0.15) is 4.88 Å². The number of aromatic nitrogens is 2. The molecule has 5 nitrogen and oxygen atoms in total. The summed E-state index contributed by atoms with van der Waals surface area (Å²) in [6.45, 7) is 1.64. The predicted molar refractivity (Wildman–Crippen MR) is 43.9 cm³/mol. The van der Waals surface area contributed by atoms with Gasteiger partial charge < -0.3 is 10.4 Å². The number of hydrogen-bond donors (Lipinski definition) is 2. The SMILES string of the molecule is C[C@H](CO)NC(=O)c1cnns1. The molecule has 0 aliphatic rings. The summed E-state index contributed by atoms with van der Waals surface area (Å²) >= 11 is 1.03. The number of rotatable bonds is 3. The van der Waals surface area contributed by atoms with Crippen molar-refractivity contribution in [3.8, 4) is 0 Å². The second-order valence-corrected chi connectivity index (χ2v) is 3.12. The van der Waals surface area contributed by atoms with Crippen LogP contribution in [0.25, 0.3) is 0 Å². The summed E-state index contributed by atoms with van der Waals surface area (Å²) in [5.74, 6) is -0.244. The molecule has 0 saturated heterocycles. The molecule has 1 rings (SSSR count). The zero-order valence-electron chi connectivity index (χ0n) is 6.52. The summed E-state index contributed by atoms with van der Waals surface area (Å²) in [5, 5.41) is 14.7. The second kappa shape index (κ2) is 4.13. The Balaban J connectivity index is 2.50. The van der Waals surface area contributed by atoms with E-state index in [0.717, 1.165) is 11.5 Å². The van der Waals surface area contributed by atoms with E-state index in [9.17, 15) is 4.79 Å². The normalized spacial score (nSPS) is 12.5. The van der Waals surface area contributed by atoms with Gasteiger partial charge in [-0.05, 0) is 18.5 Å². The maximum atomic E-state index is 11.2. The van der Waals surface area contributed by atoms with E-state index >= 15 is 0 Å². The molecular formula is C6H9N3O2S. The number of amides is 1. The van der Waals surface area contributed by atoms with Crippen LogP contribution in [0.2, 0.25) is 0 Å². The van der Waals surface area contributed by atoms with Crippen LogP contribution in [-0.4, -0.2) is 33.2 Å². The van der Waals surface area contributed by atoms with E-state index in [-0.39, 0.29) is 18.6 Å². The topological polar surface area (TPSA) is 75.1 Å². The number of aliphatic hydroxyl groups excluding tert-OH is 1. The lowest BCUT2D eigenvalue weighted by Gasteiger charge is -2.08. The molecule has 0 aromatic carbocycles. The largest absolute Gasteiger partial charge is 0.394 e. The van der Waals surface area contributed by atoms with E-state index in [1.165, 1.54) is 6.20 Å². The summed E-state index contributed by atoms with van der Waals surface area (Å²) < 4.78 is 3.54.